The molecular weight excluding hydrogens is 202 g/mol. The molecule has 1 amide bonds. The first-order valence-electron chi connectivity index (χ1n) is 5.74. The molecule has 0 heterocycles. The fourth-order valence-corrected chi connectivity index (χ4v) is 1.48. The lowest BCUT2D eigenvalue weighted by Gasteiger charge is -2.12. The number of carbonyl (C=O) groups excluding carboxylic acids is 1. The summed E-state index contributed by atoms with van der Waals surface area (Å²) in [6, 6.07) is 6.77. The van der Waals surface area contributed by atoms with E-state index in [0.717, 1.165) is 19.3 Å². The molecule has 0 saturated carbocycles. The van der Waals surface area contributed by atoms with Crippen LogP contribution < -0.4 is 5.32 Å². The second-order valence-electron chi connectivity index (χ2n) is 4.05. The lowest BCUT2D eigenvalue weighted by atomic mass is 10.0. The van der Waals surface area contributed by atoms with Crippen LogP contribution in [-0.4, -0.2) is 11.0 Å². The van der Waals surface area contributed by atoms with Crippen molar-refractivity contribution in [3.05, 3.63) is 24.3 Å². The Morgan fingerprint density at radius 1 is 1.44 bits per heavy atom. The smallest absolute Gasteiger partial charge is 0.227 e. The van der Waals surface area contributed by atoms with Gasteiger partial charge in [-0.05, 0) is 18.6 Å². The van der Waals surface area contributed by atoms with Crippen molar-refractivity contribution in [2.75, 3.05) is 5.32 Å². The van der Waals surface area contributed by atoms with Crippen LogP contribution in [0.15, 0.2) is 24.3 Å². The Labute approximate surface area is 96.5 Å². The topological polar surface area (TPSA) is 49.3 Å². The van der Waals surface area contributed by atoms with E-state index in [1.807, 2.05) is 6.92 Å². The molecule has 0 saturated heterocycles. The van der Waals surface area contributed by atoms with Gasteiger partial charge in [0, 0.05) is 5.92 Å². The number of carbonyl (C=O) groups is 1. The normalized spacial score (nSPS) is 12.1. The summed E-state index contributed by atoms with van der Waals surface area (Å²) < 4.78 is 0. The first-order valence-corrected chi connectivity index (χ1v) is 5.74. The Kier molecular flexibility index (Phi) is 4.83. The lowest BCUT2D eigenvalue weighted by molar-refractivity contribution is -0.119. The number of amides is 1. The van der Waals surface area contributed by atoms with Gasteiger partial charge in [0.2, 0.25) is 5.91 Å². The van der Waals surface area contributed by atoms with Crippen LogP contribution >= 0.6 is 0 Å². The number of para-hydroxylation sites is 2. The maximum atomic E-state index is 11.7. The fourth-order valence-electron chi connectivity index (χ4n) is 1.48. The highest BCUT2D eigenvalue weighted by molar-refractivity contribution is 5.93. The summed E-state index contributed by atoms with van der Waals surface area (Å²) in [6.07, 6.45) is 3.03. The molecule has 0 aliphatic heterocycles. The SMILES string of the molecule is CCCCC(C)C(=O)Nc1ccccc1O. The van der Waals surface area contributed by atoms with Crippen molar-refractivity contribution in [1.29, 1.82) is 0 Å². The highest BCUT2D eigenvalue weighted by Crippen LogP contribution is 2.22. The molecule has 1 atom stereocenters. The van der Waals surface area contributed by atoms with Crippen LogP contribution in [0.25, 0.3) is 0 Å². The van der Waals surface area contributed by atoms with Gasteiger partial charge in [0.15, 0.2) is 0 Å². The molecule has 0 aliphatic rings. The average Bonchev–Trinajstić information content (AvgIpc) is 2.28. The van der Waals surface area contributed by atoms with Gasteiger partial charge >= 0.3 is 0 Å². The maximum Gasteiger partial charge on any atom is 0.227 e. The minimum Gasteiger partial charge on any atom is -0.506 e. The number of phenolic OH excluding ortho intramolecular Hbond substituents is 1. The van der Waals surface area contributed by atoms with Gasteiger partial charge < -0.3 is 10.4 Å². The highest BCUT2D eigenvalue weighted by Gasteiger charge is 2.13. The third-order valence-electron chi connectivity index (χ3n) is 2.60. The van der Waals surface area contributed by atoms with E-state index in [2.05, 4.69) is 12.2 Å². The van der Waals surface area contributed by atoms with E-state index in [-0.39, 0.29) is 17.6 Å². The van der Waals surface area contributed by atoms with E-state index in [4.69, 9.17) is 0 Å². The molecule has 0 spiro atoms. The molecule has 1 unspecified atom stereocenters. The molecular formula is C13H19NO2. The van der Waals surface area contributed by atoms with Crippen LogP contribution in [0.5, 0.6) is 5.75 Å². The number of benzene rings is 1. The van der Waals surface area contributed by atoms with Gasteiger partial charge in [-0.25, -0.2) is 0 Å². The summed E-state index contributed by atoms with van der Waals surface area (Å²) in [5.74, 6) is 0.0630. The van der Waals surface area contributed by atoms with Gasteiger partial charge in [-0.1, -0.05) is 38.8 Å². The van der Waals surface area contributed by atoms with Crippen molar-refractivity contribution in [2.24, 2.45) is 5.92 Å². The third kappa shape index (κ3) is 3.57. The quantitative estimate of drug-likeness (QED) is 0.750. The molecule has 16 heavy (non-hydrogen) atoms. The van der Waals surface area contributed by atoms with Crippen LogP contribution in [0.4, 0.5) is 5.69 Å². The zero-order valence-electron chi connectivity index (χ0n) is 9.86. The Bertz CT molecular complexity index is 350. The van der Waals surface area contributed by atoms with Crippen LogP contribution in [0.2, 0.25) is 0 Å². The summed E-state index contributed by atoms with van der Waals surface area (Å²) in [6.45, 7) is 4.01. The van der Waals surface area contributed by atoms with E-state index in [1.54, 1.807) is 24.3 Å². The summed E-state index contributed by atoms with van der Waals surface area (Å²) in [5.41, 5.74) is 0.482. The van der Waals surface area contributed by atoms with Crippen molar-refractivity contribution in [3.63, 3.8) is 0 Å². The molecule has 0 aliphatic carbocycles. The summed E-state index contributed by atoms with van der Waals surface area (Å²) in [4.78, 5) is 11.7. The number of anilines is 1. The van der Waals surface area contributed by atoms with Crippen molar-refractivity contribution in [1.82, 2.24) is 0 Å². The Morgan fingerprint density at radius 2 is 2.12 bits per heavy atom. The monoisotopic (exact) mass is 221 g/mol. The fraction of sp³-hybridized carbons (Fsp3) is 0.462. The standard InChI is InChI=1S/C13H19NO2/c1-3-4-7-10(2)13(16)14-11-8-5-6-9-12(11)15/h5-6,8-10,15H,3-4,7H2,1-2H3,(H,14,16). The molecule has 0 aromatic heterocycles. The molecule has 0 bridgehead atoms. The Hall–Kier alpha value is -1.51. The molecule has 0 radical (unpaired) electrons. The van der Waals surface area contributed by atoms with Crippen molar-refractivity contribution in [3.8, 4) is 5.75 Å². The lowest BCUT2D eigenvalue weighted by Crippen LogP contribution is -2.20. The predicted octanol–water partition coefficient (Wildman–Crippen LogP) is 3.16. The van der Waals surface area contributed by atoms with E-state index in [1.165, 1.54) is 0 Å². The number of nitrogens with one attached hydrogen (secondary N) is 1. The zero-order chi connectivity index (χ0) is 12.0. The number of hydrogen-bond acceptors (Lipinski definition) is 2. The third-order valence-corrected chi connectivity index (χ3v) is 2.60. The van der Waals surface area contributed by atoms with Gasteiger partial charge in [0.25, 0.3) is 0 Å². The Morgan fingerprint density at radius 3 is 2.75 bits per heavy atom. The first-order chi connectivity index (χ1) is 7.65. The van der Waals surface area contributed by atoms with Crippen molar-refractivity contribution >= 4 is 11.6 Å². The van der Waals surface area contributed by atoms with Crippen LogP contribution in [-0.2, 0) is 4.79 Å². The summed E-state index contributed by atoms with van der Waals surface area (Å²) in [7, 11) is 0. The molecule has 1 aromatic carbocycles. The second kappa shape index (κ2) is 6.16. The van der Waals surface area contributed by atoms with Gasteiger partial charge in [0.05, 0.1) is 5.69 Å². The molecule has 1 rings (SSSR count). The summed E-state index contributed by atoms with van der Waals surface area (Å²) >= 11 is 0. The molecule has 1 aromatic rings. The number of unbranched alkanes of at least 4 members (excludes halogenated alkanes) is 1. The van der Waals surface area contributed by atoms with Crippen LogP contribution in [0.1, 0.15) is 33.1 Å². The molecule has 88 valence electrons. The molecule has 3 heteroatoms. The molecule has 3 nitrogen and oxygen atoms in total. The number of hydrogen-bond donors (Lipinski definition) is 2. The van der Waals surface area contributed by atoms with Gasteiger partial charge in [-0.15, -0.1) is 0 Å². The maximum absolute atomic E-state index is 11.7. The number of rotatable bonds is 5. The van der Waals surface area contributed by atoms with E-state index in [9.17, 15) is 9.90 Å². The highest BCUT2D eigenvalue weighted by atomic mass is 16.3. The van der Waals surface area contributed by atoms with Crippen molar-refractivity contribution in [2.45, 2.75) is 33.1 Å². The zero-order valence-corrected chi connectivity index (χ0v) is 9.86. The van der Waals surface area contributed by atoms with Gasteiger partial charge in [0.1, 0.15) is 5.75 Å². The van der Waals surface area contributed by atoms with Crippen LogP contribution in [0, 0.1) is 5.92 Å². The van der Waals surface area contributed by atoms with E-state index < -0.39 is 0 Å². The molecule has 2 N–H and O–H groups in total. The van der Waals surface area contributed by atoms with E-state index in [0.29, 0.717) is 5.69 Å². The van der Waals surface area contributed by atoms with Crippen molar-refractivity contribution < 1.29 is 9.90 Å². The summed E-state index contributed by atoms with van der Waals surface area (Å²) in [5, 5.41) is 12.2. The van der Waals surface area contributed by atoms with Gasteiger partial charge in [-0.3, -0.25) is 4.79 Å². The minimum absolute atomic E-state index is 0.0143. The first kappa shape index (κ1) is 12.6. The van der Waals surface area contributed by atoms with E-state index >= 15 is 0 Å². The van der Waals surface area contributed by atoms with Crippen LogP contribution in [0.3, 0.4) is 0 Å². The number of aromatic hydroxyl groups is 1. The minimum atomic E-state index is -0.0325. The second-order valence-corrected chi connectivity index (χ2v) is 4.05. The molecule has 0 fully saturated rings. The Balaban J connectivity index is 2.54. The number of phenols is 1. The predicted molar refractivity (Wildman–Crippen MR) is 65.4 cm³/mol. The van der Waals surface area contributed by atoms with Gasteiger partial charge in [-0.2, -0.15) is 0 Å². The average molecular weight is 221 g/mol. The largest absolute Gasteiger partial charge is 0.506 e.